The second kappa shape index (κ2) is 5.14. The molecule has 0 fully saturated rings. The molecule has 0 saturated carbocycles. The van der Waals surface area contributed by atoms with Gasteiger partial charge in [-0.05, 0) is 24.3 Å². The zero-order chi connectivity index (χ0) is 15.9. The minimum atomic E-state index is 0.989. The second-order valence-electron chi connectivity index (χ2n) is 5.91. The third-order valence-corrected chi connectivity index (χ3v) is 4.44. The van der Waals surface area contributed by atoms with Crippen molar-refractivity contribution >= 4 is 32.7 Å². The number of nitrogens with zero attached hydrogens (tertiary/aromatic N) is 2. The van der Waals surface area contributed by atoms with Gasteiger partial charge >= 0.3 is 0 Å². The van der Waals surface area contributed by atoms with E-state index in [0.29, 0.717) is 0 Å². The van der Waals surface area contributed by atoms with Gasteiger partial charge in [0.25, 0.3) is 0 Å². The molecule has 0 radical (unpaired) electrons. The quantitative estimate of drug-likeness (QED) is 0.376. The van der Waals surface area contributed by atoms with Crippen LogP contribution in [0.5, 0.6) is 0 Å². The highest BCUT2D eigenvalue weighted by Gasteiger charge is 2.12. The topological polar surface area (TPSA) is 25.8 Å². The third kappa shape index (κ3) is 1.97. The molecule has 0 saturated heterocycles. The summed E-state index contributed by atoms with van der Waals surface area (Å²) < 4.78 is 0. The number of rotatable bonds is 1. The Bertz CT molecular complexity index is 1150. The smallest absolute Gasteiger partial charge is 0.0723 e. The van der Waals surface area contributed by atoms with Gasteiger partial charge < -0.3 is 0 Å². The third-order valence-electron chi connectivity index (χ3n) is 4.44. The first kappa shape index (κ1) is 13.2. The van der Waals surface area contributed by atoms with Gasteiger partial charge in [-0.2, -0.15) is 0 Å². The van der Waals surface area contributed by atoms with Crippen LogP contribution >= 0.6 is 0 Å². The molecule has 0 aliphatic rings. The molecule has 3 aromatic carbocycles. The molecule has 0 bridgehead atoms. The normalized spacial score (nSPS) is 11.3. The van der Waals surface area contributed by atoms with Crippen LogP contribution in [0.25, 0.3) is 44.0 Å². The van der Waals surface area contributed by atoms with Crippen LogP contribution in [0, 0.1) is 0 Å². The van der Waals surface area contributed by atoms with E-state index < -0.39 is 0 Å². The van der Waals surface area contributed by atoms with Crippen LogP contribution in [0.1, 0.15) is 0 Å². The summed E-state index contributed by atoms with van der Waals surface area (Å²) in [5, 5.41) is 3.43. The maximum absolute atomic E-state index is 4.92. The molecule has 0 spiro atoms. The van der Waals surface area contributed by atoms with E-state index in [4.69, 9.17) is 9.97 Å². The Kier molecular flexibility index (Phi) is 2.83. The van der Waals surface area contributed by atoms with Gasteiger partial charge in [0.05, 0.1) is 22.2 Å². The van der Waals surface area contributed by atoms with Crippen LogP contribution in [0.15, 0.2) is 84.9 Å². The number of aromatic nitrogens is 2. The standard InChI is InChI=1S/C22H14N2/c1-4-10-18-15(7-1)13-14-21(23-18)22-16-8-2-5-11-19(16)24-20-12-6-3-9-17(20)22/h1-14H. The van der Waals surface area contributed by atoms with Crippen molar-refractivity contribution in [3.8, 4) is 11.3 Å². The molecule has 0 N–H and O–H groups in total. The van der Waals surface area contributed by atoms with E-state index >= 15 is 0 Å². The Balaban J connectivity index is 1.94. The van der Waals surface area contributed by atoms with Gasteiger partial charge in [-0.25, -0.2) is 9.97 Å². The van der Waals surface area contributed by atoms with Crippen LogP contribution in [0.3, 0.4) is 0 Å². The first-order valence-electron chi connectivity index (χ1n) is 8.04. The fourth-order valence-electron chi connectivity index (χ4n) is 3.32. The van der Waals surface area contributed by atoms with Crippen molar-refractivity contribution in [2.75, 3.05) is 0 Å². The van der Waals surface area contributed by atoms with Gasteiger partial charge in [-0.3, -0.25) is 0 Å². The number of hydrogen-bond donors (Lipinski definition) is 0. The predicted octanol–water partition coefficient (Wildman–Crippen LogP) is 5.60. The average Bonchev–Trinajstić information content (AvgIpc) is 2.65. The molecule has 0 atom stereocenters. The lowest BCUT2D eigenvalue weighted by atomic mass is 9.99. The first-order valence-corrected chi connectivity index (χ1v) is 8.04. The number of hydrogen-bond acceptors (Lipinski definition) is 2. The number of para-hydroxylation sites is 3. The summed E-state index contributed by atoms with van der Waals surface area (Å²) >= 11 is 0. The van der Waals surface area contributed by atoms with Gasteiger partial charge in [0.15, 0.2) is 0 Å². The lowest BCUT2D eigenvalue weighted by Crippen LogP contribution is -1.91. The SMILES string of the molecule is c1ccc2nc(-c3c4ccccc4nc4ccccc34)ccc2c1. The summed E-state index contributed by atoms with van der Waals surface area (Å²) in [6, 6.07) is 29.0. The molecule has 0 aliphatic heterocycles. The van der Waals surface area contributed by atoms with Crippen molar-refractivity contribution in [1.82, 2.24) is 9.97 Å². The van der Waals surface area contributed by atoms with E-state index in [0.717, 1.165) is 44.0 Å². The summed E-state index contributed by atoms with van der Waals surface area (Å²) in [6.45, 7) is 0. The minimum Gasteiger partial charge on any atom is -0.248 e. The highest BCUT2D eigenvalue weighted by molar-refractivity contribution is 6.09. The Morgan fingerprint density at radius 3 is 1.75 bits per heavy atom. The molecule has 2 nitrogen and oxygen atoms in total. The predicted molar refractivity (Wildman–Crippen MR) is 100.0 cm³/mol. The summed E-state index contributed by atoms with van der Waals surface area (Å²) in [7, 11) is 0. The number of pyridine rings is 2. The van der Waals surface area contributed by atoms with Crippen molar-refractivity contribution in [2.24, 2.45) is 0 Å². The van der Waals surface area contributed by atoms with Gasteiger partial charge in [0, 0.05) is 21.7 Å². The molecule has 2 aromatic heterocycles. The highest BCUT2D eigenvalue weighted by atomic mass is 14.7. The summed E-state index contributed by atoms with van der Waals surface area (Å²) in [4.78, 5) is 9.72. The fourth-order valence-corrected chi connectivity index (χ4v) is 3.32. The molecule has 5 rings (SSSR count). The molecule has 0 amide bonds. The van der Waals surface area contributed by atoms with Crippen molar-refractivity contribution in [1.29, 1.82) is 0 Å². The summed E-state index contributed by atoms with van der Waals surface area (Å²) in [5.41, 5.74) is 5.16. The molecular formula is C22H14N2. The number of fused-ring (bicyclic) bond motifs is 3. The molecule has 2 heteroatoms. The Morgan fingerprint density at radius 2 is 1.04 bits per heavy atom. The second-order valence-corrected chi connectivity index (χ2v) is 5.91. The lowest BCUT2D eigenvalue weighted by molar-refractivity contribution is 1.41. The molecular weight excluding hydrogens is 292 g/mol. The molecule has 112 valence electrons. The Hall–Kier alpha value is -3.26. The summed E-state index contributed by atoms with van der Waals surface area (Å²) in [6.07, 6.45) is 0. The van der Waals surface area contributed by atoms with Gasteiger partial charge in [0.1, 0.15) is 0 Å². The zero-order valence-electron chi connectivity index (χ0n) is 13.0. The highest BCUT2D eigenvalue weighted by Crippen LogP contribution is 2.34. The molecule has 24 heavy (non-hydrogen) atoms. The summed E-state index contributed by atoms with van der Waals surface area (Å²) in [5.74, 6) is 0. The minimum absolute atomic E-state index is 0.989. The zero-order valence-corrected chi connectivity index (χ0v) is 13.0. The molecule has 0 aliphatic carbocycles. The van der Waals surface area contributed by atoms with Crippen molar-refractivity contribution in [3.05, 3.63) is 84.9 Å². The van der Waals surface area contributed by atoms with E-state index in [1.54, 1.807) is 0 Å². The molecule has 2 heterocycles. The maximum Gasteiger partial charge on any atom is 0.0723 e. The van der Waals surface area contributed by atoms with Crippen LogP contribution in [-0.2, 0) is 0 Å². The van der Waals surface area contributed by atoms with Gasteiger partial charge in [-0.1, -0.05) is 60.7 Å². The van der Waals surface area contributed by atoms with Crippen LogP contribution in [-0.4, -0.2) is 9.97 Å². The maximum atomic E-state index is 4.92. The van der Waals surface area contributed by atoms with E-state index in [-0.39, 0.29) is 0 Å². The fraction of sp³-hybridized carbons (Fsp3) is 0. The number of benzene rings is 3. The largest absolute Gasteiger partial charge is 0.248 e. The lowest BCUT2D eigenvalue weighted by Gasteiger charge is -2.11. The van der Waals surface area contributed by atoms with Crippen molar-refractivity contribution in [2.45, 2.75) is 0 Å². The van der Waals surface area contributed by atoms with E-state index in [1.165, 1.54) is 0 Å². The average molecular weight is 306 g/mol. The van der Waals surface area contributed by atoms with Crippen LogP contribution in [0.4, 0.5) is 0 Å². The van der Waals surface area contributed by atoms with Gasteiger partial charge in [0.2, 0.25) is 0 Å². The first-order chi connectivity index (χ1) is 11.9. The van der Waals surface area contributed by atoms with Crippen LogP contribution in [0.2, 0.25) is 0 Å². The molecule has 5 aromatic rings. The van der Waals surface area contributed by atoms with Crippen LogP contribution < -0.4 is 0 Å². The van der Waals surface area contributed by atoms with E-state index in [1.807, 2.05) is 24.3 Å². The Labute approximate surface area is 139 Å². The van der Waals surface area contributed by atoms with Gasteiger partial charge in [-0.15, -0.1) is 0 Å². The van der Waals surface area contributed by atoms with E-state index in [9.17, 15) is 0 Å². The van der Waals surface area contributed by atoms with Crippen molar-refractivity contribution in [3.63, 3.8) is 0 Å². The Morgan fingerprint density at radius 1 is 0.458 bits per heavy atom. The monoisotopic (exact) mass is 306 g/mol. The van der Waals surface area contributed by atoms with E-state index in [2.05, 4.69) is 60.7 Å². The molecule has 0 unspecified atom stereocenters. The van der Waals surface area contributed by atoms with Crippen molar-refractivity contribution < 1.29 is 0 Å².